The van der Waals surface area contributed by atoms with Gasteiger partial charge in [-0.05, 0) is 57.0 Å². The van der Waals surface area contributed by atoms with Crippen LogP contribution in [-0.2, 0) is 10.0 Å². The number of benzene rings is 1. The molecule has 8 nitrogen and oxygen atoms in total. The van der Waals surface area contributed by atoms with Crippen molar-refractivity contribution in [3.63, 3.8) is 0 Å². The number of hydrogen-bond donors (Lipinski definition) is 2. The molecular weight excluding hydrogens is 440 g/mol. The van der Waals surface area contributed by atoms with E-state index in [0.717, 1.165) is 30.7 Å². The van der Waals surface area contributed by atoms with Crippen molar-refractivity contribution >= 4 is 15.9 Å². The molecule has 1 amide bonds. The van der Waals surface area contributed by atoms with E-state index in [2.05, 4.69) is 22.5 Å². The van der Waals surface area contributed by atoms with Crippen LogP contribution in [0, 0.1) is 0 Å². The number of hydrogen-bond acceptors (Lipinski definition) is 6. The molecule has 0 aliphatic carbocycles. The van der Waals surface area contributed by atoms with E-state index < -0.39 is 10.0 Å². The normalized spacial score (nSPS) is 21.9. The lowest BCUT2D eigenvalue weighted by Crippen LogP contribution is -2.55. The molecule has 1 aromatic carbocycles. The lowest BCUT2D eigenvalue weighted by molar-refractivity contribution is 0.0962. The van der Waals surface area contributed by atoms with E-state index in [9.17, 15) is 13.2 Å². The summed E-state index contributed by atoms with van der Waals surface area (Å²) in [6, 6.07) is 4.63. The first-order valence-corrected chi connectivity index (χ1v) is 13.0. The van der Waals surface area contributed by atoms with E-state index in [-0.39, 0.29) is 28.4 Å². The molecule has 0 radical (unpaired) electrons. The van der Waals surface area contributed by atoms with Gasteiger partial charge in [0.15, 0.2) is 0 Å². The molecule has 182 valence electrons. The minimum absolute atomic E-state index is 0.0501. The molecule has 0 unspecified atom stereocenters. The predicted octanol–water partition coefficient (Wildman–Crippen LogP) is 2.70. The van der Waals surface area contributed by atoms with Crippen LogP contribution in [-0.4, -0.2) is 68.9 Å². The first-order valence-electron chi connectivity index (χ1n) is 11.6. The van der Waals surface area contributed by atoms with E-state index in [1.807, 2.05) is 40.1 Å². The number of allylic oxidation sites excluding steroid dienone is 1. The SMILES string of the molecule is CCCC1=C(NC(=O)c2cc(S(=O)(=O)N3C[C@@H](C)N[C@@H](C)C3)ccc2OCC)C=CN(C)C1. The molecule has 9 heteroatoms. The van der Waals surface area contributed by atoms with Gasteiger partial charge in [-0.1, -0.05) is 13.3 Å². The number of likely N-dealkylation sites (N-methyl/N-ethyl adjacent to an activating group) is 1. The third-order valence-electron chi connectivity index (χ3n) is 5.77. The summed E-state index contributed by atoms with van der Waals surface area (Å²) in [6.45, 7) is 9.74. The second-order valence-electron chi connectivity index (χ2n) is 8.83. The van der Waals surface area contributed by atoms with Gasteiger partial charge in [-0.25, -0.2) is 8.42 Å². The summed E-state index contributed by atoms with van der Waals surface area (Å²) in [6.07, 6.45) is 5.65. The third-order valence-corrected chi connectivity index (χ3v) is 7.60. The van der Waals surface area contributed by atoms with Crippen molar-refractivity contribution in [2.45, 2.75) is 57.5 Å². The van der Waals surface area contributed by atoms with Crippen LogP contribution in [0.4, 0.5) is 0 Å². The Labute approximate surface area is 197 Å². The topological polar surface area (TPSA) is 91.0 Å². The maximum atomic E-state index is 13.4. The van der Waals surface area contributed by atoms with Crippen LogP contribution in [0.2, 0.25) is 0 Å². The Morgan fingerprint density at radius 3 is 2.55 bits per heavy atom. The maximum absolute atomic E-state index is 13.4. The molecule has 3 rings (SSSR count). The van der Waals surface area contributed by atoms with Crippen molar-refractivity contribution in [1.82, 2.24) is 19.8 Å². The van der Waals surface area contributed by atoms with Crippen LogP contribution in [0.25, 0.3) is 0 Å². The van der Waals surface area contributed by atoms with Gasteiger partial charge in [0.2, 0.25) is 10.0 Å². The van der Waals surface area contributed by atoms with Gasteiger partial charge in [0.25, 0.3) is 5.91 Å². The van der Waals surface area contributed by atoms with Gasteiger partial charge < -0.3 is 20.3 Å². The van der Waals surface area contributed by atoms with Crippen LogP contribution >= 0.6 is 0 Å². The van der Waals surface area contributed by atoms with Gasteiger partial charge in [-0.2, -0.15) is 4.31 Å². The number of nitrogens with one attached hydrogen (secondary N) is 2. The van der Waals surface area contributed by atoms with Crippen LogP contribution in [0.1, 0.15) is 50.9 Å². The highest BCUT2D eigenvalue weighted by Crippen LogP contribution is 2.27. The number of sulfonamides is 1. The number of nitrogens with zero attached hydrogens (tertiary/aromatic N) is 2. The molecule has 2 atom stereocenters. The zero-order chi connectivity index (χ0) is 24.2. The van der Waals surface area contributed by atoms with Crippen molar-refractivity contribution in [2.75, 3.05) is 33.3 Å². The molecule has 1 saturated heterocycles. The largest absolute Gasteiger partial charge is 0.493 e. The fourth-order valence-corrected chi connectivity index (χ4v) is 5.99. The molecule has 33 heavy (non-hydrogen) atoms. The molecule has 2 heterocycles. The number of rotatable bonds is 8. The van der Waals surface area contributed by atoms with Gasteiger partial charge in [0.05, 0.1) is 17.1 Å². The van der Waals surface area contributed by atoms with Crippen molar-refractivity contribution in [3.05, 3.63) is 47.3 Å². The van der Waals surface area contributed by atoms with Crippen molar-refractivity contribution in [3.8, 4) is 5.75 Å². The fraction of sp³-hybridized carbons (Fsp3) is 0.542. The Kier molecular flexibility index (Phi) is 8.20. The van der Waals surface area contributed by atoms with Crippen molar-refractivity contribution in [2.24, 2.45) is 0 Å². The Hall–Kier alpha value is -2.36. The van der Waals surface area contributed by atoms with Gasteiger partial charge in [-0.3, -0.25) is 4.79 Å². The second-order valence-corrected chi connectivity index (χ2v) is 10.8. The average molecular weight is 477 g/mol. The molecule has 0 saturated carbocycles. The summed E-state index contributed by atoms with van der Waals surface area (Å²) < 4.78 is 33.9. The lowest BCUT2D eigenvalue weighted by atomic mass is 10.0. The minimum atomic E-state index is -3.75. The third kappa shape index (κ3) is 5.96. The standard InChI is InChI=1S/C24H36N4O4S/c1-6-8-19-16-27(5)12-11-22(19)26-24(29)21-13-20(9-10-23(21)32-7-2)33(30,31)28-14-17(3)25-18(4)15-28/h9-13,17-18,25H,6-8,14-16H2,1-5H3,(H,26,29)/t17-,18+. The van der Waals surface area contributed by atoms with Crippen LogP contribution < -0.4 is 15.4 Å². The minimum Gasteiger partial charge on any atom is -0.493 e. The number of carbonyl (C=O) groups is 1. The molecule has 1 fully saturated rings. The molecule has 0 spiro atoms. The van der Waals surface area contributed by atoms with Gasteiger partial charge in [0, 0.05) is 50.7 Å². The summed E-state index contributed by atoms with van der Waals surface area (Å²) in [5.74, 6) is -0.0131. The molecule has 1 aromatic rings. The molecule has 0 bridgehead atoms. The zero-order valence-corrected chi connectivity index (χ0v) is 21.0. The van der Waals surface area contributed by atoms with E-state index in [4.69, 9.17) is 4.74 Å². The Balaban J connectivity index is 1.94. The van der Waals surface area contributed by atoms with E-state index >= 15 is 0 Å². The summed E-state index contributed by atoms with van der Waals surface area (Å²) in [7, 11) is -1.76. The second kappa shape index (κ2) is 10.7. The lowest BCUT2D eigenvalue weighted by Gasteiger charge is -2.35. The molecule has 2 N–H and O–H groups in total. The molecule has 2 aliphatic heterocycles. The first-order chi connectivity index (χ1) is 15.6. The molecular formula is C24H36N4O4S. The van der Waals surface area contributed by atoms with Crippen LogP contribution in [0.5, 0.6) is 5.75 Å². The number of piperazine rings is 1. The Bertz CT molecular complexity index is 1020. The Morgan fingerprint density at radius 2 is 1.91 bits per heavy atom. The molecule has 2 aliphatic rings. The van der Waals surface area contributed by atoms with Crippen LogP contribution in [0.3, 0.4) is 0 Å². The smallest absolute Gasteiger partial charge is 0.259 e. The highest BCUT2D eigenvalue weighted by atomic mass is 32.2. The summed E-state index contributed by atoms with van der Waals surface area (Å²) >= 11 is 0. The summed E-state index contributed by atoms with van der Waals surface area (Å²) in [5.41, 5.74) is 2.12. The van der Waals surface area contributed by atoms with Crippen LogP contribution in [0.15, 0.2) is 46.6 Å². The number of carbonyl (C=O) groups excluding carboxylic acids is 1. The zero-order valence-electron chi connectivity index (χ0n) is 20.2. The van der Waals surface area contributed by atoms with E-state index in [1.54, 1.807) is 6.07 Å². The fourth-order valence-electron chi connectivity index (χ4n) is 4.34. The average Bonchev–Trinajstić information content (AvgIpc) is 2.75. The van der Waals surface area contributed by atoms with Crippen molar-refractivity contribution < 1.29 is 17.9 Å². The highest BCUT2D eigenvalue weighted by Gasteiger charge is 2.32. The maximum Gasteiger partial charge on any atom is 0.259 e. The number of amides is 1. The summed E-state index contributed by atoms with van der Waals surface area (Å²) in [5, 5.41) is 6.34. The van der Waals surface area contributed by atoms with Gasteiger partial charge in [-0.15, -0.1) is 0 Å². The number of ether oxygens (including phenoxy) is 1. The Morgan fingerprint density at radius 1 is 1.21 bits per heavy atom. The van der Waals surface area contributed by atoms with E-state index in [0.29, 0.717) is 25.4 Å². The first kappa shape index (κ1) is 25.3. The summed E-state index contributed by atoms with van der Waals surface area (Å²) in [4.78, 5) is 15.5. The van der Waals surface area contributed by atoms with Crippen molar-refractivity contribution in [1.29, 1.82) is 0 Å². The highest BCUT2D eigenvalue weighted by molar-refractivity contribution is 7.89. The quantitative estimate of drug-likeness (QED) is 0.600. The van der Waals surface area contributed by atoms with Gasteiger partial charge >= 0.3 is 0 Å². The molecule has 0 aromatic heterocycles. The predicted molar refractivity (Wildman–Crippen MR) is 130 cm³/mol. The van der Waals surface area contributed by atoms with Gasteiger partial charge in [0.1, 0.15) is 5.75 Å². The van der Waals surface area contributed by atoms with E-state index in [1.165, 1.54) is 16.4 Å². The monoisotopic (exact) mass is 476 g/mol.